The van der Waals surface area contributed by atoms with E-state index in [1.807, 2.05) is 13.8 Å². The second-order valence-corrected chi connectivity index (χ2v) is 3.69. The van der Waals surface area contributed by atoms with Crippen LogP contribution in [0.3, 0.4) is 0 Å². The molecule has 3 heteroatoms. The highest BCUT2D eigenvalue weighted by atomic mass is 19.4. The van der Waals surface area contributed by atoms with Crippen LogP contribution in [0.2, 0.25) is 0 Å². The molecule has 0 N–H and O–H groups in total. The summed E-state index contributed by atoms with van der Waals surface area (Å²) in [6, 6.07) is 5.38. The molecule has 1 aromatic carbocycles. The third-order valence-corrected chi connectivity index (χ3v) is 2.45. The average molecular weight is 214 g/mol. The smallest absolute Gasteiger partial charge is 0.166 e. The molecule has 0 aromatic heterocycles. The Labute approximate surface area is 87.4 Å². The van der Waals surface area contributed by atoms with Gasteiger partial charge in [-0.15, -0.1) is 0 Å². The number of hydrogen-bond acceptors (Lipinski definition) is 0. The lowest BCUT2D eigenvalue weighted by molar-refractivity contribution is -0.137. The second kappa shape index (κ2) is 4.09. The minimum absolute atomic E-state index is 0.0488. The van der Waals surface area contributed by atoms with E-state index in [9.17, 15) is 13.2 Å². The molecule has 0 amide bonds. The van der Waals surface area contributed by atoms with E-state index < -0.39 is 11.7 Å². The normalized spacial score (nSPS) is 13.7. The van der Waals surface area contributed by atoms with Gasteiger partial charge in [-0.3, -0.25) is 0 Å². The molecular formula is C12H13F3. The van der Waals surface area contributed by atoms with Crippen LogP contribution >= 0.6 is 0 Å². The summed E-state index contributed by atoms with van der Waals surface area (Å²) >= 11 is 0. The Morgan fingerprint density at radius 3 is 2.40 bits per heavy atom. The predicted molar refractivity (Wildman–Crippen MR) is 54.7 cm³/mol. The molecule has 0 aliphatic rings. The van der Waals surface area contributed by atoms with Crippen molar-refractivity contribution in [3.8, 4) is 0 Å². The van der Waals surface area contributed by atoms with Crippen molar-refractivity contribution in [3.05, 3.63) is 47.5 Å². The monoisotopic (exact) mass is 214 g/mol. The zero-order chi connectivity index (χ0) is 11.6. The highest BCUT2D eigenvalue weighted by Crippen LogP contribution is 2.32. The number of alkyl halides is 3. The Bertz CT molecular complexity index is 363. The molecule has 0 heterocycles. The molecule has 0 bridgehead atoms. The molecule has 0 aliphatic heterocycles. The molecule has 0 nitrogen and oxygen atoms in total. The molecule has 0 fully saturated rings. The maximum atomic E-state index is 12.4. The highest BCUT2D eigenvalue weighted by molar-refractivity contribution is 5.31. The molecule has 1 unspecified atom stereocenters. The average Bonchev–Trinajstić information content (AvgIpc) is 2.15. The first-order valence-corrected chi connectivity index (χ1v) is 4.65. The van der Waals surface area contributed by atoms with Crippen molar-refractivity contribution in [3.63, 3.8) is 0 Å². The van der Waals surface area contributed by atoms with E-state index in [0.29, 0.717) is 5.56 Å². The third-order valence-electron chi connectivity index (χ3n) is 2.45. The van der Waals surface area contributed by atoms with Gasteiger partial charge >= 0.3 is 6.18 Å². The molecular weight excluding hydrogens is 201 g/mol. The Morgan fingerprint density at radius 1 is 1.33 bits per heavy atom. The van der Waals surface area contributed by atoms with Crippen molar-refractivity contribution in [1.29, 1.82) is 0 Å². The van der Waals surface area contributed by atoms with Gasteiger partial charge in [0.2, 0.25) is 0 Å². The molecule has 1 atom stereocenters. The van der Waals surface area contributed by atoms with E-state index >= 15 is 0 Å². The largest absolute Gasteiger partial charge is 0.416 e. The summed E-state index contributed by atoms with van der Waals surface area (Å²) in [6.07, 6.45) is -4.27. The fraction of sp³-hybridized carbons (Fsp3) is 0.333. The Hall–Kier alpha value is -1.25. The SMILES string of the molecule is C=C(C)C(C)c1cccc(C(F)(F)F)c1. The van der Waals surface area contributed by atoms with Crippen LogP contribution in [0.25, 0.3) is 0 Å². The third kappa shape index (κ3) is 2.85. The lowest BCUT2D eigenvalue weighted by atomic mass is 9.94. The van der Waals surface area contributed by atoms with Gasteiger partial charge in [0.1, 0.15) is 0 Å². The summed E-state index contributed by atoms with van der Waals surface area (Å²) in [5.74, 6) is -0.0488. The first-order valence-electron chi connectivity index (χ1n) is 4.65. The van der Waals surface area contributed by atoms with Gasteiger partial charge in [-0.1, -0.05) is 37.3 Å². The van der Waals surface area contributed by atoms with E-state index in [4.69, 9.17) is 0 Å². The van der Waals surface area contributed by atoms with Crippen LogP contribution in [0.1, 0.15) is 30.9 Å². The van der Waals surface area contributed by atoms with Crippen LogP contribution in [0, 0.1) is 0 Å². The van der Waals surface area contributed by atoms with Crippen LogP contribution < -0.4 is 0 Å². The lowest BCUT2D eigenvalue weighted by Crippen LogP contribution is -2.06. The van der Waals surface area contributed by atoms with Crippen molar-refractivity contribution < 1.29 is 13.2 Å². The standard InChI is InChI=1S/C12H13F3/c1-8(2)9(3)10-5-4-6-11(7-10)12(13,14)15/h4-7,9H,1H2,2-3H3. The molecule has 0 aliphatic carbocycles. The number of rotatable bonds is 2. The Morgan fingerprint density at radius 2 is 1.93 bits per heavy atom. The van der Waals surface area contributed by atoms with Gasteiger partial charge in [0.15, 0.2) is 0 Å². The molecule has 0 saturated heterocycles. The zero-order valence-corrected chi connectivity index (χ0v) is 8.73. The van der Waals surface area contributed by atoms with Gasteiger partial charge in [0, 0.05) is 5.92 Å². The highest BCUT2D eigenvalue weighted by Gasteiger charge is 2.30. The van der Waals surface area contributed by atoms with Crippen LogP contribution in [-0.2, 0) is 6.18 Å². The van der Waals surface area contributed by atoms with Gasteiger partial charge in [0.05, 0.1) is 5.56 Å². The zero-order valence-electron chi connectivity index (χ0n) is 8.73. The lowest BCUT2D eigenvalue weighted by Gasteiger charge is -2.14. The first-order chi connectivity index (χ1) is 6.82. The summed E-state index contributed by atoms with van der Waals surface area (Å²) in [4.78, 5) is 0. The molecule has 0 saturated carbocycles. The summed E-state index contributed by atoms with van der Waals surface area (Å²) in [6.45, 7) is 7.40. The van der Waals surface area contributed by atoms with Crippen molar-refractivity contribution >= 4 is 0 Å². The number of halogens is 3. The second-order valence-electron chi connectivity index (χ2n) is 3.69. The summed E-state index contributed by atoms with van der Waals surface area (Å²) in [7, 11) is 0. The van der Waals surface area contributed by atoms with Crippen LogP contribution in [-0.4, -0.2) is 0 Å². The van der Waals surface area contributed by atoms with E-state index in [1.54, 1.807) is 6.07 Å². The quantitative estimate of drug-likeness (QED) is 0.640. The fourth-order valence-corrected chi connectivity index (χ4v) is 1.27. The van der Waals surface area contributed by atoms with E-state index in [1.165, 1.54) is 12.1 Å². The van der Waals surface area contributed by atoms with Gasteiger partial charge in [-0.05, 0) is 18.6 Å². The van der Waals surface area contributed by atoms with Crippen LogP contribution in [0.5, 0.6) is 0 Å². The molecule has 1 rings (SSSR count). The van der Waals surface area contributed by atoms with Gasteiger partial charge in [0.25, 0.3) is 0 Å². The Balaban J connectivity index is 3.08. The molecule has 0 spiro atoms. The van der Waals surface area contributed by atoms with Crippen molar-refractivity contribution in [2.75, 3.05) is 0 Å². The van der Waals surface area contributed by atoms with E-state index in [-0.39, 0.29) is 5.92 Å². The minimum Gasteiger partial charge on any atom is -0.166 e. The maximum absolute atomic E-state index is 12.4. The maximum Gasteiger partial charge on any atom is 0.416 e. The van der Waals surface area contributed by atoms with Crippen LogP contribution in [0.4, 0.5) is 13.2 Å². The van der Waals surface area contributed by atoms with Gasteiger partial charge < -0.3 is 0 Å². The van der Waals surface area contributed by atoms with Gasteiger partial charge in [-0.2, -0.15) is 13.2 Å². The van der Waals surface area contributed by atoms with E-state index in [2.05, 4.69) is 6.58 Å². The van der Waals surface area contributed by atoms with Crippen molar-refractivity contribution in [2.24, 2.45) is 0 Å². The number of benzene rings is 1. The fourth-order valence-electron chi connectivity index (χ4n) is 1.27. The topological polar surface area (TPSA) is 0 Å². The summed E-state index contributed by atoms with van der Waals surface area (Å²) in [5, 5.41) is 0. The predicted octanol–water partition coefficient (Wildman–Crippen LogP) is 4.39. The van der Waals surface area contributed by atoms with E-state index in [0.717, 1.165) is 11.6 Å². The summed E-state index contributed by atoms with van der Waals surface area (Å²) < 4.78 is 37.2. The number of hydrogen-bond donors (Lipinski definition) is 0. The molecule has 82 valence electrons. The number of allylic oxidation sites excluding steroid dienone is 1. The molecule has 0 radical (unpaired) electrons. The summed E-state index contributed by atoms with van der Waals surface area (Å²) in [5.41, 5.74) is 0.903. The first kappa shape index (κ1) is 11.8. The minimum atomic E-state index is -4.27. The van der Waals surface area contributed by atoms with Gasteiger partial charge in [-0.25, -0.2) is 0 Å². The molecule has 15 heavy (non-hydrogen) atoms. The van der Waals surface area contributed by atoms with Crippen molar-refractivity contribution in [1.82, 2.24) is 0 Å². The Kier molecular flexibility index (Phi) is 3.22. The van der Waals surface area contributed by atoms with Crippen molar-refractivity contribution in [2.45, 2.75) is 25.9 Å². The molecule has 1 aromatic rings. The van der Waals surface area contributed by atoms with Crippen LogP contribution in [0.15, 0.2) is 36.4 Å².